The first-order valence-electron chi connectivity index (χ1n) is 7.98. The lowest BCUT2D eigenvalue weighted by molar-refractivity contribution is -0.123. The fourth-order valence-electron chi connectivity index (χ4n) is 2.97. The SMILES string of the molecule is C[C@H](N[C@H](C)C(=O)NC1CCCCC1)c1ccc(Cl)cc1Cl. The lowest BCUT2D eigenvalue weighted by atomic mass is 9.95. The maximum atomic E-state index is 12.3. The number of nitrogens with one attached hydrogen (secondary N) is 2. The zero-order valence-corrected chi connectivity index (χ0v) is 14.7. The molecule has 0 aliphatic heterocycles. The Kier molecular flexibility index (Phi) is 6.54. The van der Waals surface area contributed by atoms with Gasteiger partial charge in [-0.05, 0) is 44.4 Å². The number of hydrogen-bond donors (Lipinski definition) is 2. The third kappa shape index (κ3) is 4.87. The summed E-state index contributed by atoms with van der Waals surface area (Å²) in [6, 6.07) is 5.49. The fourth-order valence-corrected chi connectivity index (χ4v) is 3.54. The van der Waals surface area contributed by atoms with Crippen molar-refractivity contribution in [3.05, 3.63) is 33.8 Å². The Morgan fingerprint density at radius 2 is 1.86 bits per heavy atom. The summed E-state index contributed by atoms with van der Waals surface area (Å²) < 4.78 is 0. The average molecular weight is 343 g/mol. The molecule has 0 radical (unpaired) electrons. The number of rotatable bonds is 5. The summed E-state index contributed by atoms with van der Waals surface area (Å²) in [5, 5.41) is 7.68. The Labute approximate surface area is 142 Å². The van der Waals surface area contributed by atoms with E-state index in [1.165, 1.54) is 19.3 Å². The van der Waals surface area contributed by atoms with E-state index < -0.39 is 0 Å². The van der Waals surface area contributed by atoms with Gasteiger partial charge in [0.2, 0.25) is 5.91 Å². The van der Waals surface area contributed by atoms with Crippen molar-refractivity contribution in [1.29, 1.82) is 0 Å². The number of carbonyl (C=O) groups excluding carboxylic acids is 1. The summed E-state index contributed by atoms with van der Waals surface area (Å²) in [4.78, 5) is 12.3. The van der Waals surface area contributed by atoms with Gasteiger partial charge in [0.15, 0.2) is 0 Å². The van der Waals surface area contributed by atoms with Crippen molar-refractivity contribution in [3.8, 4) is 0 Å². The second kappa shape index (κ2) is 8.19. The molecule has 1 aliphatic rings. The number of carbonyl (C=O) groups is 1. The fraction of sp³-hybridized carbons (Fsp3) is 0.588. The Balaban J connectivity index is 1.89. The summed E-state index contributed by atoms with van der Waals surface area (Å²) in [5.74, 6) is 0.0591. The zero-order chi connectivity index (χ0) is 16.1. The summed E-state index contributed by atoms with van der Waals surface area (Å²) in [5.41, 5.74) is 0.948. The zero-order valence-electron chi connectivity index (χ0n) is 13.2. The molecule has 1 aromatic carbocycles. The number of halogens is 2. The van der Waals surface area contributed by atoms with Crippen molar-refractivity contribution in [2.75, 3.05) is 0 Å². The third-order valence-electron chi connectivity index (χ3n) is 4.27. The van der Waals surface area contributed by atoms with Gasteiger partial charge in [-0.1, -0.05) is 48.5 Å². The predicted octanol–water partition coefficient (Wildman–Crippen LogP) is 4.48. The Morgan fingerprint density at radius 3 is 2.50 bits per heavy atom. The summed E-state index contributed by atoms with van der Waals surface area (Å²) >= 11 is 12.1. The minimum absolute atomic E-state index is 0.0168. The molecule has 0 saturated heterocycles. The van der Waals surface area contributed by atoms with E-state index in [4.69, 9.17) is 23.2 Å². The van der Waals surface area contributed by atoms with Crippen molar-refractivity contribution < 1.29 is 4.79 Å². The van der Waals surface area contributed by atoms with Crippen LogP contribution in [-0.4, -0.2) is 18.0 Å². The van der Waals surface area contributed by atoms with Gasteiger partial charge in [-0.25, -0.2) is 0 Å². The van der Waals surface area contributed by atoms with Crippen LogP contribution in [0.25, 0.3) is 0 Å². The van der Waals surface area contributed by atoms with Gasteiger partial charge in [-0.2, -0.15) is 0 Å². The van der Waals surface area contributed by atoms with E-state index in [2.05, 4.69) is 10.6 Å². The predicted molar refractivity (Wildman–Crippen MR) is 92.5 cm³/mol. The van der Waals surface area contributed by atoms with Gasteiger partial charge < -0.3 is 5.32 Å². The van der Waals surface area contributed by atoms with Crippen molar-refractivity contribution >= 4 is 29.1 Å². The highest BCUT2D eigenvalue weighted by atomic mass is 35.5. The van der Waals surface area contributed by atoms with Crippen LogP contribution >= 0.6 is 23.2 Å². The van der Waals surface area contributed by atoms with Crippen LogP contribution in [0.3, 0.4) is 0 Å². The molecule has 2 N–H and O–H groups in total. The van der Waals surface area contributed by atoms with Gasteiger partial charge in [-0.15, -0.1) is 0 Å². The second-order valence-corrected chi connectivity index (χ2v) is 6.96. The van der Waals surface area contributed by atoms with Gasteiger partial charge in [0, 0.05) is 22.1 Å². The monoisotopic (exact) mass is 342 g/mol. The lowest BCUT2D eigenvalue weighted by Crippen LogP contribution is -2.47. The Morgan fingerprint density at radius 1 is 1.18 bits per heavy atom. The molecule has 22 heavy (non-hydrogen) atoms. The molecular formula is C17H24Cl2N2O. The highest BCUT2D eigenvalue weighted by Gasteiger charge is 2.21. The molecule has 0 unspecified atom stereocenters. The normalized spacial score (nSPS) is 18.7. The first-order valence-corrected chi connectivity index (χ1v) is 8.74. The summed E-state index contributed by atoms with van der Waals surface area (Å²) in [6.45, 7) is 3.89. The molecule has 3 nitrogen and oxygen atoms in total. The highest BCUT2D eigenvalue weighted by molar-refractivity contribution is 6.35. The van der Waals surface area contributed by atoms with Crippen LogP contribution in [0.1, 0.15) is 57.6 Å². The molecule has 0 bridgehead atoms. The molecule has 1 saturated carbocycles. The maximum absolute atomic E-state index is 12.3. The van der Waals surface area contributed by atoms with Gasteiger partial charge in [0.1, 0.15) is 0 Å². The summed E-state index contributed by atoms with van der Waals surface area (Å²) in [7, 11) is 0. The molecule has 1 aliphatic carbocycles. The van der Waals surface area contributed by atoms with Gasteiger partial charge in [-0.3, -0.25) is 10.1 Å². The van der Waals surface area contributed by atoms with Crippen LogP contribution in [0, 0.1) is 0 Å². The first kappa shape index (κ1) is 17.6. The third-order valence-corrected chi connectivity index (χ3v) is 4.84. The average Bonchev–Trinajstić information content (AvgIpc) is 2.47. The van der Waals surface area contributed by atoms with E-state index in [-0.39, 0.29) is 18.0 Å². The first-order chi connectivity index (χ1) is 10.5. The van der Waals surface area contributed by atoms with Crippen LogP contribution in [0.15, 0.2) is 18.2 Å². The molecule has 0 heterocycles. The molecule has 1 fully saturated rings. The number of hydrogen-bond acceptors (Lipinski definition) is 2. The minimum atomic E-state index is -0.260. The standard InChI is InChI=1S/C17H24Cl2N2O/c1-11(15-9-8-13(18)10-16(15)19)20-12(2)17(22)21-14-6-4-3-5-7-14/h8-12,14,20H,3-7H2,1-2H3,(H,21,22)/t11-,12+/m0/s1. The van der Waals surface area contributed by atoms with E-state index in [1.807, 2.05) is 26.0 Å². The van der Waals surface area contributed by atoms with Crippen LogP contribution in [0.5, 0.6) is 0 Å². The van der Waals surface area contributed by atoms with Crippen LogP contribution < -0.4 is 10.6 Å². The minimum Gasteiger partial charge on any atom is -0.352 e. The van der Waals surface area contributed by atoms with Crippen molar-refractivity contribution in [2.24, 2.45) is 0 Å². The lowest BCUT2D eigenvalue weighted by Gasteiger charge is -2.26. The van der Waals surface area contributed by atoms with Crippen molar-refractivity contribution in [2.45, 2.75) is 64.1 Å². The van der Waals surface area contributed by atoms with E-state index in [9.17, 15) is 4.79 Å². The molecule has 122 valence electrons. The molecule has 2 atom stereocenters. The smallest absolute Gasteiger partial charge is 0.237 e. The molecular weight excluding hydrogens is 319 g/mol. The topological polar surface area (TPSA) is 41.1 Å². The van der Waals surface area contributed by atoms with E-state index >= 15 is 0 Å². The molecule has 5 heteroatoms. The molecule has 0 aromatic heterocycles. The number of amides is 1. The second-order valence-electron chi connectivity index (χ2n) is 6.12. The Hall–Kier alpha value is -0.770. The Bertz CT molecular complexity index is 515. The molecule has 2 rings (SSSR count). The van der Waals surface area contributed by atoms with E-state index in [0.717, 1.165) is 18.4 Å². The van der Waals surface area contributed by atoms with E-state index in [1.54, 1.807) is 6.07 Å². The largest absolute Gasteiger partial charge is 0.352 e. The van der Waals surface area contributed by atoms with Crippen molar-refractivity contribution in [1.82, 2.24) is 10.6 Å². The molecule has 1 amide bonds. The van der Waals surface area contributed by atoms with Crippen LogP contribution in [0.4, 0.5) is 0 Å². The van der Waals surface area contributed by atoms with Crippen LogP contribution in [0.2, 0.25) is 10.0 Å². The summed E-state index contributed by atoms with van der Waals surface area (Å²) in [6.07, 6.45) is 5.90. The maximum Gasteiger partial charge on any atom is 0.237 e. The number of benzene rings is 1. The van der Waals surface area contributed by atoms with Crippen molar-refractivity contribution in [3.63, 3.8) is 0 Å². The molecule has 1 aromatic rings. The molecule has 0 spiro atoms. The van der Waals surface area contributed by atoms with Gasteiger partial charge in [0.05, 0.1) is 6.04 Å². The van der Waals surface area contributed by atoms with Crippen LogP contribution in [-0.2, 0) is 4.79 Å². The van der Waals surface area contributed by atoms with Gasteiger partial charge in [0.25, 0.3) is 0 Å². The van der Waals surface area contributed by atoms with Gasteiger partial charge >= 0.3 is 0 Å². The highest BCUT2D eigenvalue weighted by Crippen LogP contribution is 2.26. The quantitative estimate of drug-likeness (QED) is 0.828. The van der Waals surface area contributed by atoms with E-state index in [0.29, 0.717) is 16.1 Å².